The van der Waals surface area contributed by atoms with Crippen molar-refractivity contribution in [1.82, 2.24) is 5.32 Å². The van der Waals surface area contributed by atoms with E-state index < -0.39 is 0 Å². The predicted octanol–water partition coefficient (Wildman–Crippen LogP) is 1.81. The van der Waals surface area contributed by atoms with E-state index in [4.69, 9.17) is 5.73 Å². The molecule has 0 saturated heterocycles. The quantitative estimate of drug-likeness (QED) is 0.733. The van der Waals surface area contributed by atoms with Crippen LogP contribution in [-0.2, 0) is 11.2 Å². The van der Waals surface area contributed by atoms with Gasteiger partial charge in [-0.15, -0.1) is 0 Å². The van der Waals surface area contributed by atoms with Crippen molar-refractivity contribution in [2.45, 2.75) is 39.2 Å². The lowest BCUT2D eigenvalue weighted by molar-refractivity contribution is -0.122. The molecule has 0 aliphatic carbocycles. The molecule has 4 nitrogen and oxygen atoms in total. The second-order valence-corrected chi connectivity index (χ2v) is 5.75. The second-order valence-electron chi connectivity index (χ2n) is 5.75. The lowest BCUT2D eigenvalue weighted by Crippen LogP contribution is -2.52. The summed E-state index contributed by atoms with van der Waals surface area (Å²) < 4.78 is 0. The van der Waals surface area contributed by atoms with E-state index in [-0.39, 0.29) is 17.2 Å². The summed E-state index contributed by atoms with van der Waals surface area (Å²) in [7, 11) is 0. The van der Waals surface area contributed by atoms with Gasteiger partial charge in [0.25, 0.3) is 0 Å². The van der Waals surface area contributed by atoms with Gasteiger partial charge in [0.1, 0.15) is 5.75 Å². The summed E-state index contributed by atoms with van der Waals surface area (Å²) in [6.07, 6.45) is 1.15. The summed E-state index contributed by atoms with van der Waals surface area (Å²) in [5, 5.41) is 12.2. The minimum atomic E-state index is -0.359. The molecule has 0 aliphatic heterocycles. The fourth-order valence-corrected chi connectivity index (χ4v) is 2.27. The van der Waals surface area contributed by atoms with Crippen molar-refractivity contribution >= 4 is 5.91 Å². The van der Waals surface area contributed by atoms with E-state index in [0.29, 0.717) is 18.9 Å². The van der Waals surface area contributed by atoms with Gasteiger partial charge in [-0.1, -0.05) is 26.0 Å². The molecule has 0 saturated carbocycles. The Balaban J connectivity index is 2.60. The highest BCUT2D eigenvalue weighted by molar-refractivity contribution is 5.79. The molecule has 1 rings (SSSR count). The predicted molar refractivity (Wildman–Crippen MR) is 76.9 cm³/mol. The van der Waals surface area contributed by atoms with Gasteiger partial charge in [-0.3, -0.25) is 4.79 Å². The van der Waals surface area contributed by atoms with Crippen LogP contribution in [0.2, 0.25) is 0 Å². The van der Waals surface area contributed by atoms with Crippen LogP contribution in [0.15, 0.2) is 24.3 Å². The number of carbonyl (C=O) groups excluding carboxylic acids is 1. The number of phenols is 1. The average molecular weight is 264 g/mol. The number of rotatable bonds is 6. The Morgan fingerprint density at radius 1 is 1.37 bits per heavy atom. The van der Waals surface area contributed by atoms with E-state index in [1.807, 2.05) is 6.92 Å². The van der Waals surface area contributed by atoms with E-state index in [1.54, 1.807) is 24.3 Å². The first kappa shape index (κ1) is 15.5. The molecule has 4 heteroatoms. The molecule has 1 amide bonds. The third kappa shape index (κ3) is 5.30. The molecule has 0 fully saturated rings. The smallest absolute Gasteiger partial charge is 0.224 e. The summed E-state index contributed by atoms with van der Waals surface area (Å²) in [6.45, 7) is 6.62. The third-order valence-corrected chi connectivity index (χ3v) is 3.05. The maximum atomic E-state index is 12.0. The van der Waals surface area contributed by atoms with E-state index >= 15 is 0 Å². The minimum absolute atomic E-state index is 0.0423. The first-order valence-electron chi connectivity index (χ1n) is 6.63. The number of nitrogens with one attached hydrogen (secondary N) is 1. The van der Waals surface area contributed by atoms with Crippen LogP contribution in [0.25, 0.3) is 0 Å². The van der Waals surface area contributed by atoms with Gasteiger partial charge in [-0.25, -0.2) is 0 Å². The molecule has 0 heterocycles. The number of aromatic hydroxyl groups is 1. The fourth-order valence-electron chi connectivity index (χ4n) is 2.27. The third-order valence-electron chi connectivity index (χ3n) is 3.05. The van der Waals surface area contributed by atoms with E-state index in [9.17, 15) is 9.90 Å². The molecule has 1 aromatic carbocycles. The highest BCUT2D eigenvalue weighted by Gasteiger charge is 2.25. The number of nitrogens with two attached hydrogens (primary N) is 1. The first-order chi connectivity index (χ1) is 8.84. The number of phenolic OH excluding ortho intramolecular Hbond substituents is 1. The number of benzene rings is 1. The van der Waals surface area contributed by atoms with Gasteiger partial charge in [0.2, 0.25) is 5.91 Å². The summed E-state index contributed by atoms with van der Waals surface area (Å²) in [5.41, 5.74) is 6.28. The van der Waals surface area contributed by atoms with E-state index in [2.05, 4.69) is 19.2 Å². The highest BCUT2D eigenvalue weighted by atomic mass is 16.3. The van der Waals surface area contributed by atoms with Crippen molar-refractivity contribution in [3.05, 3.63) is 29.8 Å². The molecule has 0 aromatic heterocycles. The van der Waals surface area contributed by atoms with Crippen LogP contribution in [0.1, 0.15) is 32.8 Å². The van der Waals surface area contributed by atoms with Crippen molar-refractivity contribution in [2.24, 2.45) is 11.7 Å². The zero-order chi connectivity index (χ0) is 14.5. The Kier molecular flexibility index (Phi) is 5.36. The number of carbonyl (C=O) groups is 1. The molecule has 19 heavy (non-hydrogen) atoms. The lowest BCUT2D eigenvalue weighted by atomic mass is 9.90. The fraction of sp³-hybridized carbons (Fsp3) is 0.533. The molecule has 1 aromatic rings. The van der Waals surface area contributed by atoms with Crippen LogP contribution in [0, 0.1) is 5.92 Å². The van der Waals surface area contributed by atoms with Crippen LogP contribution >= 0.6 is 0 Å². The van der Waals surface area contributed by atoms with Crippen molar-refractivity contribution in [3.8, 4) is 5.75 Å². The summed E-state index contributed by atoms with van der Waals surface area (Å²) in [5.74, 6) is 0.637. The largest absolute Gasteiger partial charge is 0.508 e. The minimum Gasteiger partial charge on any atom is -0.508 e. The molecule has 0 radical (unpaired) electrons. The Labute approximate surface area is 115 Å². The van der Waals surface area contributed by atoms with Gasteiger partial charge in [-0.2, -0.15) is 0 Å². The average Bonchev–Trinajstić information content (AvgIpc) is 2.31. The van der Waals surface area contributed by atoms with Crippen LogP contribution in [-0.4, -0.2) is 23.1 Å². The molecule has 4 N–H and O–H groups in total. The van der Waals surface area contributed by atoms with Crippen molar-refractivity contribution in [2.75, 3.05) is 6.54 Å². The Bertz CT molecular complexity index is 415. The van der Waals surface area contributed by atoms with Crippen molar-refractivity contribution in [1.29, 1.82) is 0 Å². The molecular formula is C15H24N2O2. The number of hydrogen-bond donors (Lipinski definition) is 3. The van der Waals surface area contributed by atoms with Gasteiger partial charge in [0.15, 0.2) is 0 Å². The van der Waals surface area contributed by atoms with E-state index in [1.165, 1.54) is 0 Å². The van der Waals surface area contributed by atoms with Crippen molar-refractivity contribution in [3.63, 3.8) is 0 Å². The van der Waals surface area contributed by atoms with Gasteiger partial charge in [0, 0.05) is 12.1 Å². The molecular weight excluding hydrogens is 240 g/mol. The molecule has 1 atom stereocenters. The molecule has 1 unspecified atom stereocenters. The van der Waals surface area contributed by atoms with Crippen LogP contribution < -0.4 is 11.1 Å². The number of amides is 1. The summed E-state index contributed by atoms with van der Waals surface area (Å²) >= 11 is 0. The summed E-state index contributed by atoms with van der Waals surface area (Å²) in [6, 6.07) is 6.66. The molecule has 0 spiro atoms. The summed E-state index contributed by atoms with van der Waals surface area (Å²) in [4.78, 5) is 12.0. The van der Waals surface area contributed by atoms with Crippen LogP contribution in [0.5, 0.6) is 5.75 Å². The monoisotopic (exact) mass is 264 g/mol. The van der Waals surface area contributed by atoms with Crippen LogP contribution in [0.3, 0.4) is 0 Å². The molecule has 0 aliphatic rings. The Morgan fingerprint density at radius 2 is 1.95 bits per heavy atom. The zero-order valence-corrected chi connectivity index (χ0v) is 11.9. The van der Waals surface area contributed by atoms with Gasteiger partial charge in [0.05, 0.1) is 6.42 Å². The van der Waals surface area contributed by atoms with Gasteiger partial charge in [-0.05, 0) is 37.0 Å². The Morgan fingerprint density at radius 3 is 2.42 bits per heavy atom. The van der Waals surface area contributed by atoms with Gasteiger partial charge >= 0.3 is 0 Å². The number of hydrogen-bond acceptors (Lipinski definition) is 3. The van der Waals surface area contributed by atoms with Crippen LogP contribution in [0.4, 0.5) is 0 Å². The molecule has 0 bridgehead atoms. The highest BCUT2D eigenvalue weighted by Crippen LogP contribution is 2.16. The molecule has 106 valence electrons. The normalized spacial score (nSPS) is 14.2. The maximum Gasteiger partial charge on any atom is 0.224 e. The lowest BCUT2D eigenvalue weighted by Gasteiger charge is -2.31. The Hall–Kier alpha value is -1.55. The van der Waals surface area contributed by atoms with Crippen molar-refractivity contribution < 1.29 is 9.90 Å². The standard InChI is InChI=1S/C15H24N2O2/c1-11(2)9-15(3,10-16)17-14(19)8-12-4-6-13(18)7-5-12/h4-7,11,18H,8-10,16H2,1-3H3,(H,17,19). The first-order valence-corrected chi connectivity index (χ1v) is 6.63. The topological polar surface area (TPSA) is 75.3 Å². The zero-order valence-electron chi connectivity index (χ0n) is 11.9. The second kappa shape index (κ2) is 6.57. The SMILES string of the molecule is CC(C)CC(C)(CN)NC(=O)Cc1ccc(O)cc1. The van der Waals surface area contributed by atoms with E-state index in [0.717, 1.165) is 12.0 Å². The van der Waals surface area contributed by atoms with Gasteiger partial charge < -0.3 is 16.2 Å². The maximum absolute atomic E-state index is 12.0.